The molecule has 0 aliphatic heterocycles. The molecule has 0 spiro atoms. The molecule has 1 heterocycles. The van der Waals surface area contributed by atoms with E-state index in [-0.39, 0.29) is 11.5 Å². The molecule has 1 N–H and O–H groups in total. The number of carbonyl (C=O) groups is 2. The van der Waals surface area contributed by atoms with Crippen molar-refractivity contribution in [1.82, 2.24) is 4.98 Å². The zero-order valence-electron chi connectivity index (χ0n) is 10.2. The topological polar surface area (TPSA) is 59.1 Å². The first-order valence-electron chi connectivity index (χ1n) is 5.61. The molecule has 0 saturated carbocycles. The van der Waals surface area contributed by atoms with Crippen molar-refractivity contribution < 1.29 is 9.59 Å². The molecular weight excluding hydrogens is 264 g/mol. The van der Waals surface area contributed by atoms with Crippen LogP contribution in [0.2, 0.25) is 5.02 Å². The van der Waals surface area contributed by atoms with Gasteiger partial charge in [-0.1, -0.05) is 23.7 Å². The molecule has 96 valence electrons. The lowest BCUT2D eigenvalue weighted by molar-refractivity contribution is 0.101. The van der Waals surface area contributed by atoms with Crippen molar-refractivity contribution in [2.45, 2.75) is 6.92 Å². The molecule has 0 saturated heterocycles. The van der Waals surface area contributed by atoms with E-state index in [4.69, 9.17) is 11.6 Å². The predicted molar refractivity (Wildman–Crippen MR) is 73.6 cm³/mol. The molecule has 0 fully saturated rings. The number of aromatic nitrogens is 1. The summed E-state index contributed by atoms with van der Waals surface area (Å²) in [5.41, 5.74) is 1.12. The van der Waals surface area contributed by atoms with Gasteiger partial charge in [0.05, 0.1) is 5.69 Å². The highest BCUT2D eigenvalue weighted by Gasteiger charge is 2.12. The number of benzene rings is 1. The SMILES string of the molecule is CC(=O)c1ccccc1NC(=O)c1cc(Cl)ccn1. The van der Waals surface area contributed by atoms with E-state index in [1.54, 1.807) is 30.3 Å². The number of halogens is 1. The monoisotopic (exact) mass is 274 g/mol. The van der Waals surface area contributed by atoms with Crippen molar-refractivity contribution >= 4 is 29.0 Å². The van der Waals surface area contributed by atoms with Crippen LogP contribution in [0.15, 0.2) is 42.6 Å². The summed E-state index contributed by atoms with van der Waals surface area (Å²) in [6, 6.07) is 9.86. The van der Waals surface area contributed by atoms with E-state index in [1.807, 2.05) is 0 Å². The van der Waals surface area contributed by atoms with Crippen LogP contribution in [0.25, 0.3) is 0 Å². The van der Waals surface area contributed by atoms with Gasteiger partial charge in [-0.05, 0) is 31.2 Å². The van der Waals surface area contributed by atoms with Crippen LogP contribution >= 0.6 is 11.6 Å². The molecule has 0 atom stereocenters. The van der Waals surface area contributed by atoms with Gasteiger partial charge in [-0.2, -0.15) is 0 Å². The van der Waals surface area contributed by atoms with E-state index in [0.29, 0.717) is 16.3 Å². The van der Waals surface area contributed by atoms with Crippen molar-refractivity contribution in [2.75, 3.05) is 5.32 Å². The van der Waals surface area contributed by atoms with Crippen LogP contribution in [0, 0.1) is 0 Å². The van der Waals surface area contributed by atoms with E-state index in [0.717, 1.165) is 0 Å². The number of hydrogen-bond acceptors (Lipinski definition) is 3. The van der Waals surface area contributed by atoms with Crippen molar-refractivity contribution in [3.63, 3.8) is 0 Å². The minimum Gasteiger partial charge on any atom is -0.320 e. The largest absolute Gasteiger partial charge is 0.320 e. The zero-order chi connectivity index (χ0) is 13.8. The van der Waals surface area contributed by atoms with Crippen molar-refractivity contribution in [3.8, 4) is 0 Å². The molecule has 0 aliphatic rings. The van der Waals surface area contributed by atoms with E-state index < -0.39 is 5.91 Å². The maximum atomic E-state index is 12.0. The Labute approximate surface area is 115 Å². The Hall–Kier alpha value is -2.20. The number of pyridine rings is 1. The van der Waals surface area contributed by atoms with Gasteiger partial charge in [0.15, 0.2) is 5.78 Å². The molecule has 5 heteroatoms. The molecule has 0 unspecified atom stereocenters. The second-order valence-corrected chi connectivity index (χ2v) is 4.35. The van der Waals surface area contributed by atoms with Crippen molar-refractivity contribution in [2.24, 2.45) is 0 Å². The number of hydrogen-bond donors (Lipinski definition) is 1. The van der Waals surface area contributed by atoms with E-state index in [1.165, 1.54) is 19.2 Å². The Bertz CT molecular complexity index is 641. The van der Waals surface area contributed by atoms with Gasteiger partial charge in [-0.15, -0.1) is 0 Å². The number of Topliss-reactive ketones (excluding diaryl/α,β-unsaturated/α-hetero) is 1. The number of amides is 1. The lowest BCUT2D eigenvalue weighted by Gasteiger charge is -2.08. The molecule has 19 heavy (non-hydrogen) atoms. The minimum atomic E-state index is -0.406. The summed E-state index contributed by atoms with van der Waals surface area (Å²) >= 11 is 5.80. The first kappa shape index (κ1) is 13.2. The Kier molecular flexibility index (Phi) is 3.92. The number of ketones is 1. The summed E-state index contributed by atoms with van der Waals surface area (Å²) in [5, 5.41) is 3.09. The fourth-order valence-electron chi connectivity index (χ4n) is 1.61. The van der Waals surface area contributed by atoms with E-state index in [9.17, 15) is 9.59 Å². The Morgan fingerprint density at radius 2 is 1.95 bits per heavy atom. The molecule has 0 radical (unpaired) electrons. The van der Waals surface area contributed by atoms with E-state index in [2.05, 4.69) is 10.3 Å². The number of anilines is 1. The molecule has 2 aromatic rings. The molecule has 1 amide bonds. The summed E-state index contributed by atoms with van der Waals surface area (Å²) in [6.45, 7) is 1.45. The normalized spacial score (nSPS) is 10.0. The van der Waals surface area contributed by atoms with Crippen LogP contribution in [0.5, 0.6) is 0 Å². The molecule has 0 aliphatic carbocycles. The van der Waals surface area contributed by atoms with Crippen LogP contribution in [-0.4, -0.2) is 16.7 Å². The fourth-order valence-corrected chi connectivity index (χ4v) is 1.77. The molecule has 1 aromatic carbocycles. The van der Waals surface area contributed by atoms with Gasteiger partial charge in [0.1, 0.15) is 5.69 Å². The standard InChI is InChI=1S/C14H11ClN2O2/c1-9(18)11-4-2-3-5-12(11)17-14(19)13-8-10(15)6-7-16-13/h2-8H,1H3,(H,17,19). The molecule has 1 aromatic heterocycles. The zero-order valence-corrected chi connectivity index (χ0v) is 10.9. The van der Waals surface area contributed by atoms with Crippen LogP contribution in [0.1, 0.15) is 27.8 Å². The molecule has 0 bridgehead atoms. The second kappa shape index (κ2) is 5.63. The summed E-state index contributed by atoms with van der Waals surface area (Å²) in [4.78, 5) is 27.4. The molecule has 4 nitrogen and oxygen atoms in total. The third-order valence-corrected chi connectivity index (χ3v) is 2.74. The quantitative estimate of drug-likeness (QED) is 0.875. The second-order valence-electron chi connectivity index (χ2n) is 3.92. The van der Waals surface area contributed by atoms with Gasteiger partial charge in [-0.25, -0.2) is 0 Å². The first-order valence-corrected chi connectivity index (χ1v) is 5.98. The Balaban J connectivity index is 2.27. The lowest BCUT2D eigenvalue weighted by atomic mass is 10.1. The molecule has 2 rings (SSSR count). The number of para-hydroxylation sites is 1. The van der Waals surface area contributed by atoms with E-state index >= 15 is 0 Å². The lowest BCUT2D eigenvalue weighted by Crippen LogP contribution is -2.15. The van der Waals surface area contributed by atoms with Crippen LogP contribution in [0.4, 0.5) is 5.69 Å². The third kappa shape index (κ3) is 3.17. The average Bonchev–Trinajstić information content (AvgIpc) is 2.39. The summed E-state index contributed by atoms with van der Waals surface area (Å²) in [5.74, 6) is -0.522. The van der Waals surface area contributed by atoms with Gasteiger partial charge < -0.3 is 5.32 Å². The number of carbonyl (C=O) groups excluding carboxylic acids is 2. The van der Waals surface area contributed by atoms with Crippen molar-refractivity contribution in [1.29, 1.82) is 0 Å². The van der Waals surface area contributed by atoms with Gasteiger partial charge in [0, 0.05) is 16.8 Å². The summed E-state index contributed by atoms with van der Waals surface area (Å²) < 4.78 is 0. The number of nitrogens with zero attached hydrogens (tertiary/aromatic N) is 1. The number of nitrogens with one attached hydrogen (secondary N) is 1. The van der Waals surface area contributed by atoms with Crippen LogP contribution in [-0.2, 0) is 0 Å². The summed E-state index contributed by atoms with van der Waals surface area (Å²) in [7, 11) is 0. The number of rotatable bonds is 3. The highest BCUT2D eigenvalue weighted by Crippen LogP contribution is 2.17. The van der Waals surface area contributed by atoms with Gasteiger partial charge >= 0.3 is 0 Å². The van der Waals surface area contributed by atoms with Gasteiger partial charge in [-0.3, -0.25) is 14.6 Å². The van der Waals surface area contributed by atoms with Gasteiger partial charge in [0.25, 0.3) is 5.91 Å². The van der Waals surface area contributed by atoms with Crippen LogP contribution in [0.3, 0.4) is 0 Å². The maximum absolute atomic E-state index is 12.0. The average molecular weight is 275 g/mol. The fraction of sp³-hybridized carbons (Fsp3) is 0.0714. The predicted octanol–water partition coefficient (Wildman–Crippen LogP) is 3.19. The van der Waals surface area contributed by atoms with Gasteiger partial charge in [0.2, 0.25) is 0 Å². The Morgan fingerprint density at radius 3 is 2.63 bits per heavy atom. The van der Waals surface area contributed by atoms with Crippen molar-refractivity contribution in [3.05, 3.63) is 58.9 Å². The van der Waals surface area contributed by atoms with Crippen LogP contribution < -0.4 is 5.32 Å². The third-order valence-electron chi connectivity index (χ3n) is 2.51. The smallest absolute Gasteiger partial charge is 0.274 e. The first-order chi connectivity index (χ1) is 9.08. The highest BCUT2D eigenvalue weighted by atomic mass is 35.5. The minimum absolute atomic E-state index is 0.116. The highest BCUT2D eigenvalue weighted by molar-refractivity contribution is 6.31. The Morgan fingerprint density at radius 1 is 1.21 bits per heavy atom. The molecular formula is C14H11ClN2O2. The maximum Gasteiger partial charge on any atom is 0.274 e. The summed E-state index contributed by atoms with van der Waals surface area (Å²) in [6.07, 6.45) is 1.45.